The van der Waals surface area contributed by atoms with E-state index in [1.807, 2.05) is 0 Å². The Labute approximate surface area is 119 Å². The summed E-state index contributed by atoms with van der Waals surface area (Å²) in [5.41, 5.74) is 11.3. The van der Waals surface area contributed by atoms with Gasteiger partial charge in [-0.15, -0.1) is 0 Å². The van der Waals surface area contributed by atoms with E-state index in [4.69, 9.17) is 21.7 Å². The molecule has 0 radical (unpaired) electrons. The van der Waals surface area contributed by atoms with Crippen molar-refractivity contribution in [2.24, 2.45) is 23.3 Å². The number of carboxylic acids is 2. The molecular formula is C14H26N2O4. The molecule has 0 heterocycles. The molecule has 6 nitrogen and oxygen atoms in total. The fourth-order valence-electron chi connectivity index (χ4n) is 2.73. The van der Waals surface area contributed by atoms with Crippen LogP contribution in [0.3, 0.4) is 0 Å². The van der Waals surface area contributed by atoms with Gasteiger partial charge in [0, 0.05) is 12.1 Å². The van der Waals surface area contributed by atoms with Gasteiger partial charge in [0.05, 0.1) is 11.8 Å². The maximum absolute atomic E-state index is 10.5. The number of rotatable bonds is 2. The van der Waals surface area contributed by atoms with Crippen molar-refractivity contribution in [3.05, 3.63) is 0 Å². The second kappa shape index (κ2) is 8.21. The number of carboxylic acid groups (broad SMARTS) is 2. The van der Waals surface area contributed by atoms with Crippen molar-refractivity contribution in [3.8, 4) is 0 Å². The van der Waals surface area contributed by atoms with Crippen LogP contribution in [0.2, 0.25) is 0 Å². The van der Waals surface area contributed by atoms with Crippen molar-refractivity contribution in [1.82, 2.24) is 0 Å². The summed E-state index contributed by atoms with van der Waals surface area (Å²) in [5, 5.41) is 17.2. The lowest BCUT2D eigenvalue weighted by atomic mass is 9.82. The van der Waals surface area contributed by atoms with E-state index in [0.717, 1.165) is 25.7 Å². The predicted molar refractivity (Wildman–Crippen MR) is 75.1 cm³/mol. The zero-order chi connectivity index (χ0) is 15.1. The number of nitrogens with two attached hydrogens (primary N) is 2. The van der Waals surface area contributed by atoms with Crippen LogP contribution in [0.5, 0.6) is 0 Å². The summed E-state index contributed by atoms with van der Waals surface area (Å²) in [6, 6.07) is 0.879. The number of aliphatic carboxylic acids is 2. The topological polar surface area (TPSA) is 127 Å². The number of carbonyl (C=O) groups is 2. The van der Waals surface area contributed by atoms with E-state index in [1.165, 1.54) is 0 Å². The van der Waals surface area contributed by atoms with Crippen molar-refractivity contribution >= 4 is 11.9 Å². The minimum Gasteiger partial charge on any atom is -0.481 e. The van der Waals surface area contributed by atoms with E-state index in [2.05, 4.69) is 0 Å². The van der Waals surface area contributed by atoms with E-state index in [-0.39, 0.29) is 11.8 Å². The Morgan fingerprint density at radius 1 is 0.650 bits per heavy atom. The number of hydrogen-bond acceptors (Lipinski definition) is 4. The zero-order valence-electron chi connectivity index (χ0n) is 11.8. The van der Waals surface area contributed by atoms with E-state index in [9.17, 15) is 9.59 Å². The first-order valence-electron chi connectivity index (χ1n) is 7.37. The summed E-state index contributed by atoms with van der Waals surface area (Å²) in [6.07, 6.45) is 6.53. The van der Waals surface area contributed by atoms with Gasteiger partial charge in [-0.05, 0) is 51.4 Å². The lowest BCUT2D eigenvalue weighted by Gasteiger charge is -2.22. The van der Waals surface area contributed by atoms with Crippen LogP contribution in [-0.2, 0) is 9.59 Å². The summed E-state index contributed by atoms with van der Waals surface area (Å²) in [6.45, 7) is 0. The smallest absolute Gasteiger partial charge is 0.306 e. The Bertz CT molecular complexity index is 287. The normalized spacial score (nSPS) is 33.7. The molecule has 20 heavy (non-hydrogen) atoms. The number of hydrogen-bond donors (Lipinski definition) is 4. The van der Waals surface area contributed by atoms with Gasteiger partial charge < -0.3 is 21.7 Å². The highest BCUT2D eigenvalue weighted by molar-refractivity contribution is 5.72. The molecule has 2 saturated carbocycles. The molecule has 6 N–H and O–H groups in total. The van der Waals surface area contributed by atoms with Crippen LogP contribution in [0.4, 0.5) is 0 Å². The van der Waals surface area contributed by atoms with Crippen LogP contribution >= 0.6 is 0 Å². The second-order valence-corrected chi connectivity index (χ2v) is 5.90. The average Bonchev–Trinajstić information content (AvgIpc) is 2.43. The van der Waals surface area contributed by atoms with Gasteiger partial charge in [0.2, 0.25) is 0 Å². The van der Waals surface area contributed by atoms with Gasteiger partial charge in [-0.3, -0.25) is 9.59 Å². The van der Waals surface area contributed by atoms with E-state index in [1.54, 1.807) is 0 Å². The van der Waals surface area contributed by atoms with E-state index < -0.39 is 11.9 Å². The van der Waals surface area contributed by atoms with Gasteiger partial charge >= 0.3 is 11.9 Å². The summed E-state index contributed by atoms with van der Waals surface area (Å²) in [4.78, 5) is 21.0. The molecule has 0 amide bonds. The van der Waals surface area contributed by atoms with E-state index >= 15 is 0 Å². The van der Waals surface area contributed by atoms with Crippen molar-refractivity contribution in [2.45, 2.75) is 63.5 Å². The molecule has 0 aromatic rings. The van der Waals surface area contributed by atoms with Gasteiger partial charge in [-0.1, -0.05) is 0 Å². The highest BCUT2D eigenvalue weighted by atomic mass is 16.4. The second-order valence-electron chi connectivity index (χ2n) is 5.90. The van der Waals surface area contributed by atoms with Crippen LogP contribution in [-0.4, -0.2) is 34.2 Å². The van der Waals surface area contributed by atoms with Gasteiger partial charge in [0.15, 0.2) is 0 Å². The molecule has 0 atom stereocenters. The summed E-state index contributed by atoms with van der Waals surface area (Å²) in [5.74, 6) is -2.22. The highest BCUT2D eigenvalue weighted by Crippen LogP contribution is 2.28. The van der Waals surface area contributed by atoms with Gasteiger partial charge in [0.1, 0.15) is 0 Å². The largest absolute Gasteiger partial charge is 0.481 e. The monoisotopic (exact) mass is 286 g/mol. The zero-order valence-corrected chi connectivity index (χ0v) is 11.8. The molecule has 2 rings (SSSR count). The van der Waals surface area contributed by atoms with E-state index in [0.29, 0.717) is 37.8 Å². The molecule has 2 aliphatic carbocycles. The molecule has 0 aliphatic heterocycles. The van der Waals surface area contributed by atoms with Gasteiger partial charge in [0.25, 0.3) is 0 Å². The first-order chi connectivity index (χ1) is 9.40. The van der Waals surface area contributed by atoms with Crippen molar-refractivity contribution in [1.29, 1.82) is 0 Å². The third-order valence-corrected chi connectivity index (χ3v) is 4.24. The molecular weight excluding hydrogens is 260 g/mol. The first-order valence-corrected chi connectivity index (χ1v) is 7.37. The Morgan fingerprint density at radius 2 is 0.900 bits per heavy atom. The third-order valence-electron chi connectivity index (χ3n) is 4.24. The fourth-order valence-corrected chi connectivity index (χ4v) is 2.73. The van der Waals surface area contributed by atoms with Gasteiger partial charge in [-0.2, -0.15) is 0 Å². The molecule has 0 unspecified atom stereocenters. The summed E-state index contributed by atoms with van der Waals surface area (Å²) < 4.78 is 0. The molecule has 0 aromatic heterocycles. The third kappa shape index (κ3) is 5.88. The lowest BCUT2D eigenvalue weighted by molar-refractivity contribution is -0.148. The first kappa shape index (κ1) is 16.9. The molecule has 2 fully saturated rings. The van der Waals surface area contributed by atoms with Crippen LogP contribution in [0.1, 0.15) is 51.4 Å². The van der Waals surface area contributed by atoms with Crippen molar-refractivity contribution < 1.29 is 19.8 Å². The molecule has 2 aliphatic rings. The SMILES string of the molecule is NC1CCC(N)CC1.O=C(O)C1CCC(C(=O)O)CC1. The molecule has 0 bridgehead atoms. The molecule has 116 valence electrons. The fraction of sp³-hybridized carbons (Fsp3) is 0.857. The average molecular weight is 286 g/mol. The summed E-state index contributed by atoms with van der Waals surface area (Å²) >= 11 is 0. The van der Waals surface area contributed by atoms with Crippen LogP contribution in [0.15, 0.2) is 0 Å². The minimum atomic E-state index is -0.793. The maximum atomic E-state index is 10.5. The highest BCUT2D eigenvalue weighted by Gasteiger charge is 2.29. The molecule has 6 heteroatoms. The molecule has 0 aromatic carbocycles. The van der Waals surface area contributed by atoms with Crippen LogP contribution < -0.4 is 11.5 Å². The van der Waals surface area contributed by atoms with Gasteiger partial charge in [-0.25, -0.2) is 0 Å². The Balaban J connectivity index is 0.000000217. The Kier molecular flexibility index (Phi) is 6.95. The standard InChI is InChI=1S/C8H12O4.C6H14N2/c9-7(10)5-1-2-6(4-3-5)8(11)12;7-5-1-2-6(8)4-3-5/h5-6H,1-4H2,(H,9,10)(H,11,12);5-6H,1-4,7-8H2. The lowest BCUT2D eigenvalue weighted by Crippen LogP contribution is -2.33. The Hall–Kier alpha value is -1.14. The van der Waals surface area contributed by atoms with Crippen molar-refractivity contribution in [3.63, 3.8) is 0 Å². The molecule has 0 spiro atoms. The molecule has 0 saturated heterocycles. The Morgan fingerprint density at radius 3 is 1.10 bits per heavy atom. The van der Waals surface area contributed by atoms with Crippen LogP contribution in [0.25, 0.3) is 0 Å². The predicted octanol–water partition coefficient (Wildman–Crippen LogP) is 1.18. The van der Waals surface area contributed by atoms with Crippen LogP contribution in [0, 0.1) is 11.8 Å². The maximum Gasteiger partial charge on any atom is 0.306 e. The van der Waals surface area contributed by atoms with Crippen molar-refractivity contribution in [2.75, 3.05) is 0 Å². The quantitative estimate of drug-likeness (QED) is 0.603. The summed E-state index contributed by atoms with van der Waals surface area (Å²) in [7, 11) is 0. The minimum absolute atomic E-state index is 0.319.